The Kier molecular flexibility index (Phi) is 4.28. The highest BCUT2D eigenvalue weighted by atomic mass is 32.2. The van der Waals surface area contributed by atoms with Gasteiger partial charge in [-0.1, -0.05) is 19.9 Å². The summed E-state index contributed by atoms with van der Waals surface area (Å²) in [4.78, 5) is 1.06. The molecule has 0 saturated carbocycles. The lowest BCUT2D eigenvalue weighted by molar-refractivity contribution is 0.0376. The highest BCUT2D eigenvalue weighted by Crippen LogP contribution is 2.31. The first-order chi connectivity index (χ1) is 7.33. The van der Waals surface area contributed by atoms with Crippen LogP contribution in [0.2, 0.25) is 0 Å². The summed E-state index contributed by atoms with van der Waals surface area (Å²) in [5, 5.41) is 10.2. The Labute approximate surface area is 102 Å². The molecule has 90 valence electrons. The molecule has 1 aromatic rings. The Morgan fingerprint density at radius 2 is 2.06 bits per heavy atom. The van der Waals surface area contributed by atoms with E-state index in [0.717, 1.165) is 10.6 Å². The molecule has 0 radical (unpaired) electrons. The van der Waals surface area contributed by atoms with Crippen molar-refractivity contribution >= 4 is 17.4 Å². The van der Waals surface area contributed by atoms with E-state index in [2.05, 4.69) is 6.07 Å². The molecule has 1 atom stereocenters. The molecule has 0 amide bonds. The van der Waals surface area contributed by atoms with Gasteiger partial charge in [-0.15, -0.1) is 11.8 Å². The number of anilines is 1. The fraction of sp³-hybridized carbons (Fsp3) is 0.538. The number of aryl methyl sites for hydroxylation is 1. The lowest BCUT2D eigenvalue weighted by Crippen LogP contribution is -2.33. The molecule has 0 fully saturated rings. The molecule has 0 spiro atoms. The number of nitrogens with two attached hydrogens (primary N) is 1. The van der Waals surface area contributed by atoms with Crippen LogP contribution in [-0.4, -0.2) is 16.5 Å². The van der Waals surface area contributed by atoms with Gasteiger partial charge in [0.25, 0.3) is 0 Å². The Hall–Kier alpha value is -0.670. The molecule has 0 heterocycles. The number of rotatable bonds is 4. The molecule has 0 bridgehead atoms. The van der Waals surface area contributed by atoms with Crippen LogP contribution in [-0.2, 0) is 0 Å². The van der Waals surface area contributed by atoms with Crippen molar-refractivity contribution in [1.29, 1.82) is 0 Å². The molecule has 0 aliphatic heterocycles. The van der Waals surface area contributed by atoms with Crippen molar-refractivity contribution in [2.24, 2.45) is 5.92 Å². The molecule has 1 unspecified atom stereocenters. The van der Waals surface area contributed by atoms with E-state index in [9.17, 15) is 5.11 Å². The second-order valence-electron chi connectivity index (χ2n) is 4.84. The molecule has 0 aliphatic rings. The first-order valence-corrected chi connectivity index (χ1v) is 6.53. The van der Waals surface area contributed by atoms with Crippen molar-refractivity contribution in [3.05, 3.63) is 23.8 Å². The molecule has 3 N–H and O–H groups in total. The zero-order chi connectivity index (χ0) is 12.3. The predicted molar refractivity (Wildman–Crippen MR) is 71.8 cm³/mol. The maximum Gasteiger partial charge on any atom is 0.0736 e. The van der Waals surface area contributed by atoms with Gasteiger partial charge in [-0.3, -0.25) is 0 Å². The van der Waals surface area contributed by atoms with Crippen molar-refractivity contribution in [3.8, 4) is 0 Å². The topological polar surface area (TPSA) is 46.2 Å². The second kappa shape index (κ2) is 5.11. The summed E-state index contributed by atoms with van der Waals surface area (Å²) in [6, 6.07) is 5.98. The Morgan fingerprint density at radius 1 is 1.44 bits per heavy atom. The first-order valence-electron chi connectivity index (χ1n) is 5.54. The summed E-state index contributed by atoms with van der Waals surface area (Å²) in [5.41, 5.74) is 7.22. The maximum atomic E-state index is 10.2. The van der Waals surface area contributed by atoms with Crippen LogP contribution in [0.1, 0.15) is 26.3 Å². The van der Waals surface area contributed by atoms with Gasteiger partial charge in [-0.05, 0) is 37.5 Å². The molecule has 0 saturated heterocycles. The quantitative estimate of drug-likeness (QED) is 0.627. The van der Waals surface area contributed by atoms with Crippen LogP contribution in [0.4, 0.5) is 5.69 Å². The van der Waals surface area contributed by atoms with E-state index in [-0.39, 0.29) is 5.92 Å². The van der Waals surface area contributed by atoms with E-state index < -0.39 is 5.60 Å². The van der Waals surface area contributed by atoms with E-state index in [0.29, 0.717) is 5.75 Å². The summed E-state index contributed by atoms with van der Waals surface area (Å²) in [5.74, 6) is 0.907. The van der Waals surface area contributed by atoms with Gasteiger partial charge >= 0.3 is 0 Å². The van der Waals surface area contributed by atoms with Gasteiger partial charge in [0.15, 0.2) is 0 Å². The molecule has 3 heteroatoms. The highest BCUT2D eigenvalue weighted by molar-refractivity contribution is 7.99. The molecule has 16 heavy (non-hydrogen) atoms. The standard InChI is InChI=1S/C13H21NOS/c1-9(2)13(4,15)8-16-12-7-10(3)5-6-11(12)14/h5-7,9,15H,8,14H2,1-4H3. The molecule has 0 aliphatic carbocycles. The minimum Gasteiger partial charge on any atom is -0.398 e. The lowest BCUT2D eigenvalue weighted by Gasteiger charge is -2.27. The van der Waals surface area contributed by atoms with Gasteiger partial charge in [0.1, 0.15) is 0 Å². The third-order valence-electron chi connectivity index (χ3n) is 2.93. The lowest BCUT2D eigenvalue weighted by atomic mass is 9.95. The van der Waals surface area contributed by atoms with E-state index in [4.69, 9.17) is 5.73 Å². The minimum atomic E-state index is -0.652. The van der Waals surface area contributed by atoms with Crippen LogP contribution in [0.15, 0.2) is 23.1 Å². The number of benzene rings is 1. The SMILES string of the molecule is Cc1ccc(N)c(SCC(C)(O)C(C)C)c1. The molecule has 1 rings (SSSR count). The smallest absolute Gasteiger partial charge is 0.0736 e. The normalized spacial score (nSPS) is 15.1. The Balaban J connectivity index is 2.71. The van der Waals surface area contributed by atoms with Crippen LogP contribution < -0.4 is 5.73 Å². The third-order valence-corrected chi connectivity index (χ3v) is 4.33. The van der Waals surface area contributed by atoms with E-state index in [1.54, 1.807) is 11.8 Å². The molecular weight excluding hydrogens is 218 g/mol. The monoisotopic (exact) mass is 239 g/mol. The van der Waals surface area contributed by atoms with E-state index in [1.807, 2.05) is 39.8 Å². The molecular formula is C13H21NOS. The van der Waals surface area contributed by atoms with Gasteiger partial charge in [-0.25, -0.2) is 0 Å². The summed E-state index contributed by atoms with van der Waals surface area (Å²) in [7, 11) is 0. The van der Waals surface area contributed by atoms with Crippen LogP contribution in [0.3, 0.4) is 0 Å². The summed E-state index contributed by atoms with van der Waals surface area (Å²) < 4.78 is 0. The van der Waals surface area contributed by atoms with Crippen molar-refractivity contribution in [3.63, 3.8) is 0 Å². The van der Waals surface area contributed by atoms with Crippen LogP contribution in [0, 0.1) is 12.8 Å². The van der Waals surface area contributed by atoms with Crippen LogP contribution in [0.25, 0.3) is 0 Å². The maximum absolute atomic E-state index is 10.2. The van der Waals surface area contributed by atoms with Crippen molar-refractivity contribution in [2.45, 2.75) is 38.2 Å². The van der Waals surface area contributed by atoms with Crippen LogP contribution >= 0.6 is 11.8 Å². The zero-order valence-corrected chi connectivity index (χ0v) is 11.3. The Morgan fingerprint density at radius 3 is 2.62 bits per heavy atom. The highest BCUT2D eigenvalue weighted by Gasteiger charge is 2.25. The van der Waals surface area contributed by atoms with Gasteiger partial charge < -0.3 is 10.8 Å². The van der Waals surface area contributed by atoms with Gasteiger partial charge in [0.2, 0.25) is 0 Å². The third kappa shape index (κ3) is 3.42. The summed E-state index contributed by atoms with van der Waals surface area (Å²) in [6.45, 7) is 7.97. The predicted octanol–water partition coefficient (Wildman–Crippen LogP) is 3.08. The fourth-order valence-electron chi connectivity index (χ4n) is 1.16. The first kappa shape index (κ1) is 13.4. The van der Waals surface area contributed by atoms with Crippen LogP contribution in [0.5, 0.6) is 0 Å². The fourth-order valence-corrected chi connectivity index (χ4v) is 2.44. The van der Waals surface area contributed by atoms with Crippen molar-refractivity contribution in [2.75, 3.05) is 11.5 Å². The number of thioether (sulfide) groups is 1. The summed E-state index contributed by atoms with van der Waals surface area (Å²) in [6.07, 6.45) is 0. The zero-order valence-electron chi connectivity index (χ0n) is 10.4. The minimum absolute atomic E-state index is 0.242. The van der Waals surface area contributed by atoms with E-state index >= 15 is 0 Å². The van der Waals surface area contributed by atoms with Crippen molar-refractivity contribution in [1.82, 2.24) is 0 Å². The average Bonchev–Trinajstić information content (AvgIpc) is 2.19. The molecule has 2 nitrogen and oxygen atoms in total. The number of nitrogen functional groups attached to an aromatic ring is 1. The summed E-state index contributed by atoms with van der Waals surface area (Å²) >= 11 is 1.62. The van der Waals surface area contributed by atoms with Gasteiger partial charge in [0.05, 0.1) is 5.60 Å². The van der Waals surface area contributed by atoms with Crippen molar-refractivity contribution < 1.29 is 5.11 Å². The molecule has 1 aromatic carbocycles. The van der Waals surface area contributed by atoms with Gasteiger partial charge in [0, 0.05) is 16.3 Å². The average molecular weight is 239 g/mol. The number of aliphatic hydroxyl groups is 1. The Bertz CT molecular complexity index is 361. The molecule has 0 aromatic heterocycles. The second-order valence-corrected chi connectivity index (χ2v) is 5.86. The van der Waals surface area contributed by atoms with E-state index in [1.165, 1.54) is 5.56 Å². The number of hydrogen-bond acceptors (Lipinski definition) is 3. The largest absolute Gasteiger partial charge is 0.398 e. The van der Waals surface area contributed by atoms with Gasteiger partial charge in [-0.2, -0.15) is 0 Å². The number of hydrogen-bond donors (Lipinski definition) is 2.